The van der Waals surface area contributed by atoms with Crippen molar-refractivity contribution in [2.45, 2.75) is 24.3 Å². The maximum Gasteiger partial charge on any atom is 0.216 e. The van der Waals surface area contributed by atoms with E-state index >= 15 is 0 Å². The molecule has 5 heteroatoms. The Bertz CT molecular complexity index is 558. The highest BCUT2D eigenvalue weighted by atomic mass is 79.9. The fraction of sp³-hybridized carbons (Fsp3) is 0.308. The van der Waals surface area contributed by atoms with Crippen LogP contribution in [0.25, 0.3) is 5.76 Å². The quantitative estimate of drug-likeness (QED) is 0.838. The second kappa shape index (κ2) is 4.63. The maximum atomic E-state index is 11.9. The third-order valence-electron chi connectivity index (χ3n) is 2.75. The van der Waals surface area contributed by atoms with Crippen molar-refractivity contribution in [2.24, 2.45) is 0 Å². The largest absolute Gasteiger partial charge is 0.478 e. The van der Waals surface area contributed by atoms with Gasteiger partial charge in [-0.2, -0.15) is 0 Å². The molecule has 1 aliphatic rings. The summed E-state index contributed by atoms with van der Waals surface area (Å²) in [5, 5.41) is 0. The van der Waals surface area contributed by atoms with Gasteiger partial charge in [0.05, 0.1) is 0 Å². The number of ether oxygens (including phenoxy) is 1. The Kier molecular flexibility index (Phi) is 3.47. The van der Waals surface area contributed by atoms with E-state index in [1.165, 1.54) is 0 Å². The van der Waals surface area contributed by atoms with Crippen molar-refractivity contribution in [3.8, 4) is 0 Å². The molecule has 1 aromatic carbocycles. The van der Waals surface area contributed by atoms with Crippen LogP contribution in [-0.2, 0) is 20.3 Å². The van der Waals surface area contributed by atoms with Crippen molar-refractivity contribution in [2.75, 3.05) is 6.26 Å². The van der Waals surface area contributed by atoms with Crippen LogP contribution in [0.3, 0.4) is 0 Å². The number of halogens is 1. The van der Waals surface area contributed by atoms with Crippen molar-refractivity contribution in [3.05, 3.63) is 34.3 Å². The van der Waals surface area contributed by atoms with E-state index in [1.54, 1.807) is 32.2 Å². The third-order valence-corrected chi connectivity index (χ3v) is 4.41. The summed E-state index contributed by atoms with van der Waals surface area (Å²) in [5.74, 6) is 0.471. The van der Waals surface area contributed by atoms with E-state index in [-0.39, 0.29) is 5.78 Å². The molecule has 1 atom stereocenters. The second-order valence-corrected chi connectivity index (χ2v) is 6.74. The molecule has 0 saturated carbocycles. The van der Waals surface area contributed by atoms with Crippen LogP contribution >= 0.6 is 15.9 Å². The number of ketones is 1. The van der Waals surface area contributed by atoms with E-state index < -0.39 is 16.4 Å². The molecule has 0 N–H and O–H groups in total. The summed E-state index contributed by atoms with van der Waals surface area (Å²) in [5.41, 5.74) is -0.0320. The minimum Gasteiger partial charge on any atom is -0.478 e. The van der Waals surface area contributed by atoms with Gasteiger partial charge in [0, 0.05) is 27.5 Å². The summed E-state index contributed by atoms with van der Waals surface area (Å²) < 4.78 is 17.4. The highest BCUT2D eigenvalue weighted by molar-refractivity contribution is 9.12. The average Bonchev–Trinajstić information content (AvgIpc) is 2.53. The molecule has 0 radical (unpaired) electrons. The summed E-state index contributed by atoms with van der Waals surface area (Å²) in [6.07, 6.45) is 1.63. The topological polar surface area (TPSA) is 43.4 Å². The molecule has 0 amide bonds. The summed E-state index contributed by atoms with van der Waals surface area (Å²) in [7, 11) is -1.01. The van der Waals surface area contributed by atoms with Crippen LogP contribution in [0, 0.1) is 0 Å². The Morgan fingerprint density at radius 3 is 2.17 bits per heavy atom. The molecular formula is C13H13BrO3S. The minimum atomic E-state index is -1.01. The molecule has 0 saturated heterocycles. The fourth-order valence-electron chi connectivity index (χ4n) is 1.70. The molecule has 3 nitrogen and oxygen atoms in total. The highest BCUT2D eigenvalue weighted by Crippen LogP contribution is 2.38. The van der Waals surface area contributed by atoms with E-state index in [1.807, 2.05) is 12.1 Å². The lowest BCUT2D eigenvalue weighted by molar-refractivity contribution is -0.125. The molecule has 18 heavy (non-hydrogen) atoms. The first-order valence-electron chi connectivity index (χ1n) is 5.40. The number of hydrogen-bond acceptors (Lipinski definition) is 3. The molecule has 0 aliphatic carbocycles. The first-order chi connectivity index (χ1) is 8.33. The van der Waals surface area contributed by atoms with Crippen LogP contribution in [0.15, 0.2) is 33.6 Å². The lowest BCUT2D eigenvalue weighted by Crippen LogP contribution is -2.28. The molecule has 0 bridgehead atoms. The molecule has 1 aliphatic heterocycles. The Labute approximate surface area is 117 Å². The molecular weight excluding hydrogens is 316 g/mol. The van der Waals surface area contributed by atoms with Gasteiger partial charge in [-0.1, -0.05) is 12.1 Å². The molecule has 1 unspecified atom stereocenters. The van der Waals surface area contributed by atoms with Crippen molar-refractivity contribution >= 4 is 38.3 Å². The fourth-order valence-corrected chi connectivity index (χ4v) is 3.00. The predicted octanol–water partition coefficient (Wildman–Crippen LogP) is 2.87. The summed E-state index contributed by atoms with van der Waals surface area (Å²) >= 11 is 3.27. The number of hydrogen-bond donors (Lipinski definition) is 0. The van der Waals surface area contributed by atoms with E-state index in [0.717, 1.165) is 10.5 Å². The smallest absolute Gasteiger partial charge is 0.216 e. The Morgan fingerprint density at radius 2 is 1.78 bits per heavy atom. The van der Waals surface area contributed by atoms with Crippen LogP contribution in [-0.4, -0.2) is 21.8 Å². The van der Waals surface area contributed by atoms with Gasteiger partial charge in [0.15, 0.2) is 5.60 Å². The zero-order valence-corrected chi connectivity index (χ0v) is 12.7. The first kappa shape index (κ1) is 13.5. The zero-order chi connectivity index (χ0) is 13.5. The van der Waals surface area contributed by atoms with Crippen LogP contribution in [0.5, 0.6) is 0 Å². The van der Waals surface area contributed by atoms with Gasteiger partial charge < -0.3 is 4.74 Å². The van der Waals surface area contributed by atoms with Gasteiger partial charge in [0.1, 0.15) is 10.2 Å². The third kappa shape index (κ3) is 2.29. The lowest BCUT2D eigenvalue weighted by Gasteiger charge is -2.17. The normalized spacial score (nSPS) is 19.9. The minimum absolute atomic E-state index is 0.0688. The van der Waals surface area contributed by atoms with E-state index in [4.69, 9.17) is 4.74 Å². The van der Waals surface area contributed by atoms with Crippen LogP contribution in [0.2, 0.25) is 0 Å². The van der Waals surface area contributed by atoms with Crippen molar-refractivity contribution < 1.29 is 13.7 Å². The summed E-state index contributed by atoms with van der Waals surface area (Å²) in [6, 6.07) is 7.17. The van der Waals surface area contributed by atoms with Gasteiger partial charge in [-0.3, -0.25) is 9.00 Å². The van der Waals surface area contributed by atoms with E-state index in [0.29, 0.717) is 10.2 Å². The molecule has 2 rings (SSSR count). The maximum absolute atomic E-state index is 11.9. The van der Waals surface area contributed by atoms with Gasteiger partial charge >= 0.3 is 0 Å². The summed E-state index contributed by atoms with van der Waals surface area (Å²) in [6.45, 7) is 3.47. The first-order valence-corrected chi connectivity index (χ1v) is 7.75. The van der Waals surface area contributed by atoms with Crippen molar-refractivity contribution in [3.63, 3.8) is 0 Å². The number of benzene rings is 1. The Morgan fingerprint density at radius 1 is 1.22 bits per heavy atom. The summed E-state index contributed by atoms with van der Waals surface area (Å²) in [4.78, 5) is 12.7. The number of rotatable bonds is 2. The number of Topliss-reactive ketones (excluding diaryl/α,β-unsaturated/α-hetero) is 1. The van der Waals surface area contributed by atoms with Crippen LogP contribution in [0.4, 0.5) is 0 Å². The van der Waals surface area contributed by atoms with Crippen molar-refractivity contribution in [1.29, 1.82) is 0 Å². The molecule has 0 fully saturated rings. The average molecular weight is 329 g/mol. The predicted molar refractivity (Wildman–Crippen MR) is 74.8 cm³/mol. The molecule has 96 valence electrons. The Hall–Kier alpha value is -0.940. The molecule has 1 aromatic rings. The molecule has 0 spiro atoms. The van der Waals surface area contributed by atoms with Gasteiger partial charge in [-0.05, 0) is 41.9 Å². The number of carbonyl (C=O) groups excluding carboxylic acids is 1. The van der Waals surface area contributed by atoms with E-state index in [2.05, 4.69) is 15.9 Å². The SMILES string of the molecule is CS(=O)c1ccc(C2=C(Br)C(=O)C(C)(C)O2)cc1. The Balaban J connectivity index is 2.39. The zero-order valence-electron chi connectivity index (χ0n) is 10.3. The van der Waals surface area contributed by atoms with Crippen LogP contribution < -0.4 is 0 Å². The molecule has 0 aromatic heterocycles. The van der Waals surface area contributed by atoms with Gasteiger partial charge in [-0.15, -0.1) is 0 Å². The second-order valence-electron chi connectivity index (χ2n) is 4.56. The standard InChI is InChI=1S/C13H13BrO3S/c1-13(2)12(15)10(14)11(17-13)8-4-6-9(7-5-8)18(3)16/h4-7H,1-3H3. The van der Waals surface area contributed by atoms with E-state index in [9.17, 15) is 9.00 Å². The van der Waals surface area contributed by atoms with Gasteiger partial charge in [0.2, 0.25) is 5.78 Å². The van der Waals surface area contributed by atoms with Gasteiger partial charge in [-0.25, -0.2) is 0 Å². The monoisotopic (exact) mass is 328 g/mol. The van der Waals surface area contributed by atoms with Gasteiger partial charge in [0.25, 0.3) is 0 Å². The molecule has 1 heterocycles. The highest BCUT2D eigenvalue weighted by Gasteiger charge is 2.41. The number of carbonyl (C=O) groups is 1. The van der Waals surface area contributed by atoms with Crippen LogP contribution in [0.1, 0.15) is 19.4 Å². The van der Waals surface area contributed by atoms with Crippen molar-refractivity contribution in [1.82, 2.24) is 0 Å². The lowest BCUT2D eigenvalue weighted by atomic mass is 10.1.